The maximum absolute atomic E-state index is 11.2. The fourth-order valence-electron chi connectivity index (χ4n) is 1.83. The van der Waals surface area contributed by atoms with E-state index in [1.54, 1.807) is 24.5 Å². The summed E-state index contributed by atoms with van der Waals surface area (Å²) in [6, 6.07) is 9.83. The van der Waals surface area contributed by atoms with Gasteiger partial charge in [0.05, 0.1) is 7.11 Å². The zero-order valence-electron chi connectivity index (χ0n) is 12.3. The molecule has 0 fully saturated rings. The van der Waals surface area contributed by atoms with Gasteiger partial charge in [-0.05, 0) is 54.6 Å². The molecule has 0 aliphatic rings. The van der Waals surface area contributed by atoms with Gasteiger partial charge in [0.15, 0.2) is 6.29 Å². The lowest BCUT2D eigenvalue weighted by atomic mass is 10.1. The standard InChI is InChI=1S/C17H17NO2S/c1-12-6-7-14(9-13(12)2)17(20-3)18-15(11-19)10-16-5-4-8-21-16/h4-11H,1-3H3/b15-10-,18-17?. The number of allylic oxidation sites excluding steroid dienone is 1. The number of nitrogens with zero attached hydrogens (tertiary/aromatic N) is 1. The number of thiophene rings is 1. The summed E-state index contributed by atoms with van der Waals surface area (Å²) in [5.74, 6) is 0.438. The average Bonchev–Trinajstić information content (AvgIpc) is 2.99. The molecule has 1 aromatic carbocycles. The lowest BCUT2D eigenvalue weighted by Gasteiger charge is -2.07. The molecule has 0 saturated heterocycles. The zero-order chi connectivity index (χ0) is 15.2. The molecule has 1 aromatic heterocycles. The SMILES string of the molecule is COC(=N/C(C=O)=C\c1cccs1)c1ccc(C)c(C)c1. The van der Waals surface area contributed by atoms with Crippen molar-refractivity contribution in [3.05, 3.63) is 63.0 Å². The number of aldehydes is 1. The molecule has 1 heterocycles. The van der Waals surface area contributed by atoms with Crippen molar-refractivity contribution >= 4 is 29.6 Å². The Morgan fingerprint density at radius 3 is 2.62 bits per heavy atom. The first-order valence-electron chi connectivity index (χ1n) is 6.54. The first-order valence-corrected chi connectivity index (χ1v) is 7.42. The molecule has 0 bridgehead atoms. The van der Waals surface area contributed by atoms with Gasteiger partial charge in [-0.15, -0.1) is 11.3 Å². The molecule has 0 radical (unpaired) electrons. The Morgan fingerprint density at radius 2 is 2.05 bits per heavy atom. The van der Waals surface area contributed by atoms with Crippen molar-refractivity contribution in [2.45, 2.75) is 13.8 Å². The molecule has 0 amide bonds. The third kappa shape index (κ3) is 3.89. The molecule has 2 rings (SSSR count). The Morgan fingerprint density at radius 1 is 1.24 bits per heavy atom. The lowest BCUT2D eigenvalue weighted by Crippen LogP contribution is -2.05. The minimum Gasteiger partial charge on any atom is -0.481 e. The molecule has 0 unspecified atom stereocenters. The first-order chi connectivity index (χ1) is 10.1. The molecule has 0 aliphatic carbocycles. The number of rotatable bonds is 4. The van der Waals surface area contributed by atoms with Crippen molar-refractivity contribution in [1.29, 1.82) is 0 Å². The number of hydrogen-bond acceptors (Lipinski definition) is 4. The van der Waals surface area contributed by atoms with Crippen LogP contribution in [0.15, 0.2) is 46.4 Å². The van der Waals surface area contributed by atoms with E-state index in [-0.39, 0.29) is 0 Å². The van der Waals surface area contributed by atoms with E-state index < -0.39 is 0 Å². The highest BCUT2D eigenvalue weighted by Gasteiger charge is 2.06. The maximum Gasteiger partial charge on any atom is 0.221 e. The zero-order valence-corrected chi connectivity index (χ0v) is 13.1. The molecule has 0 atom stereocenters. The minimum atomic E-state index is 0.340. The van der Waals surface area contributed by atoms with Crippen LogP contribution in [0.25, 0.3) is 6.08 Å². The van der Waals surface area contributed by atoms with Crippen LogP contribution in [0.1, 0.15) is 21.6 Å². The number of hydrogen-bond donors (Lipinski definition) is 0. The molecular formula is C17H17NO2S. The Bertz CT molecular complexity index is 685. The minimum absolute atomic E-state index is 0.340. The van der Waals surface area contributed by atoms with E-state index >= 15 is 0 Å². The second kappa shape index (κ2) is 6.99. The van der Waals surface area contributed by atoms with E-state index in [4.69, 9.17) is 4.74 Å². The lowest BCUT2D eigenvalue weighted by molar-refractivity contribution is -0.104. The van der Waals surface area contributed by atoms with Crippen molar-refractivity contribution in [3.63, 3.8) is 0 Å². The highest BCUT2D eigenvalue weighted by Crippen LogP contribution is 2.15. The van der Waals surface area contributed by atoms with Crippen molar-refractivity contribution in [2.75, 3.05) is 7.11 Å². The molecular weight excluding hydrogens is 282 g/mol. The van der Waals surface area contributed by atoms with E-state index in [0.717, 1.165) is 22.3 Å². The van der Waals surface area contributed by atoms with Crippen LogP contribution in [0.5, 0.6) is 0 Å². The number of aryl methyl sites for hydroxylation is 2. The van der Waals surface area contributed by atoms with E-state index in [0.29, 0.717) is 11.6 Å². The Balaban J connectivity index is 2.38. The second-order valence-corrected chi connectivity index (χ2v) is 5.60. The van der Waals surface area contributed by atoms with Gasteiger partial charge >= 0.3 is 0 Å². The average molecular weight is 299 g/mol. The topological polar surface area (TPSA) is 38.7 Å². The van der Waals surface area contributed by atoms with Gasteiger partial charge in [-0.2, -0.15) is 0 Å². The van der Waals surface area contributed by atoms with Gasteiger partial charge in [-0.3, -0.25) is 4.79 Å². The van der Waals surface area contributed by atoms with Gasteiger partial charge in [0.2, 0.25) is 5.90 Å². The normalized spacial score (nSPS) is 12.3. The predicted molar refractivity (Wildman–Crippen MR) is 87.8 cm³/mol. The van der Waals surface area contributed by atoms with Crippen molar-refractivity contribution in [2.24, 2.45) is 4.99 Å². The molecule has 21 heavy (non-hydrogen) atoms. The summed E-state index contributed by atoms with van der Waals surface area (Å²) in [6.07, 6.45) is 2.48. The van der Waals surface area contributed by atoms with Crippen molar-refractivity contribution in [1.82, 2.24) is 0 Å². The molecule has 0 N–H and O–H groups in total. The van der Waals surface area contributed by atoms with E-state index in [9.17, 15) is 4.79 Å². The van der Waals surface area contributed by atoms with E-state index in [1.807, 2.05) is 42.6 Å². The third-order valence-corrected chi connectivity index (χ3v) is 3.95. The van der Waals surface area contributed by atoms with Crippen LogP contribution in [-0.4, -0.2) is 19.3 Å². The summed E-state index contributed by atoms with van der Waals surface area (Å²) < 4.78 is 5.34. The summed E-state index contributed by atoms with van der Waals surface area (Å²) in [7, 11) is 1.56. The number of aliphatic imine (C=N–C) groups is 1. The molecule has 108 valence electrons. The summed E-state index contributed by atoms with van der Waals surface area (Å²) >= 11 is 1.56. The fraction of sp³-hybridized carbons (Fsp3) is 0.176. The van der Waals surface area contributed by atoms with Gasteiger partial charge in [0.25, 0.3) is 0 Å². The number of benzene rings is 1. The summed E-state index contributed by atoms with van der Waals surface area (Å²) in [4.78, 5) is 16.5. The predicted octanol–water partition coefficient (Wildman–Crippen LogP) is 4.00. The maximum atomic E-state index is 11.2. The first kappa shape index (κ1) is 15.2. The van der Waals surface area contributed by atoms with Crippen LogP contribution in [0.2, 0.25) is 0 Å². The van der Waals surface area contributed by atoms with E-state index in [2.05, 4.69) is 11.9 Å². The summed E-state index contributed by atoms with van der Waals surface area (Å²) in [5.41, 5.74) is 3.57. The second-order valence-electron chi connectivity index (χ2n) is 4.62. The van der Waals surface area contributed by atoms with Crippen molar-refractivity contribution in [3.8, 4) is 0 Å². The van der Waals surface area contributed by atoms with Crippen LogP contribution < -0.4 is 0 Å². The molecule has 3 nitrogen and oxygen atoms in total. The number of ether oxygens (including phenoxy) is 1. The van der Waals surface area contributed by atoms with Gasteiger partial charge in [0.1, 0.15) is 5.70 Å². The smallest absolute Gasteiger partial charge is 0.221 e. The van der Waals surface area contributed by atoms with Crippen LogP contribution >= 0.6 is 11.3 Å². The van der Waals surface area contributed by atoms with Gasteiger partial charge in [-0.25, -0.2) is 4.99 Å². The Labute approximate surface area is 128 Å². The van der Waals surface area contributed by atoms with Crippen LogP contribution in [-0.2, 0) is 9.53 Å². The number of methoxy groups -OCH3 is 1. The Hall–Kier alpha value is -2.20. The molecule has 2 aromatic rings. The molecule has 0 spiro atoms. The largest absolute Gasteiger partial charge is 0.481 e. The summed E-state index contributed by atoms with van der Waals surface area (Å²) in [5, 5.41) is 1.96. The van der Waals surface area contributed by atoms with Crippen LogP contribution in [0.3, 0.4) is 0 Å². The number of carbonyl (C=O) groups is 1. The van der Waals surface area contributed by atoms with Gasteiger partial charge in [0, 0.05) is 10.4 Å². The molecule has 0 saturated carbocycles. The van der Waals surface area contributed by atoms with Gasteiger partial charge in [-0.1, -0.05) is 12.1 Å². The molecule has 0 aliphatic heterocycles. The third-order valence-electron chi connectivity index (χ3n) is 3.13. The highest BCUT2D eigenvalue weighted by molar-refractivity contribution is 7.10. The number of carbonyl (C=O) groups excluding carboxylic acids is 1. The van der Waals surface area contributed by atoms with Crippen molar-refractivity contribution < 1.29 is 9.53 Å². The quantitative estimate of drug-likeness (QED) is 0.370. The molecule has 4 heteroatoms. The van der Waals surface area contributed by atoms with Crippen LogP contribution in [0, 0.1) is 13.8 Å². The van der Waals surface area contributed by atoms with Crippen LogP contribution in [0.4, 0.5) is 0 Å². The fourth-order valence-corrected chi connectivity index (χ4v) is 2.49. The highest BCUT2D eigenvalue weighted by atomic mass is 32.1. The Kier molecular flexibility index (Phi) is 5.06. The van der Waals surface area contributed by atoms with Gasteiger partial charge < -0.3 is 4.74 Å². The summed E-state index contributed by atoms with van der Waals surface area (Å²) in [6.45, 7) is 4.09. The monoisotopic (exact) mass is 299 g/mol. The van der Waals surface area contributed by atoms with E-state index in [1.165, 1.54) is 5.56 Å².